The third-order valence-corrected chi connectivity index (χ3v) is 4.85. The monoisotopic (exact) mass is 312 g/mol. The summed E-state index contributed by atoms with van der Waals surface area (Å²) in [4.78, 5) is 31.2. The van der Waals surface area contributed by atoms with Crippen molar-refractivity contribution in [3.05, 3.63) is 40.6 Å². The molecule has 1 aromatic heterocycles. The number of pyridine rings is 1. The van der Waals surface area contributed by atoms with Gasteiger partial charge in [0.15, 0.2) is 5.78 Å². The highest BCUT2D eigenvalue weighted by Gasteiger charge is 2.34. The zero-order valence-corrected chi connectivity index (χ0v) is 14.9. The Balaban J connectivity index is 2.71. The fourth-order valence-corrected chi connectivity index (χ4v) is 2.53. The molecule has 1 aromatic carbocycles. The Kier molecular flexibility index (Phi) is 4.29. The van der Waals surface area contributed by atoms with E-state index in [4.69, 9.17) is 0 Å². The molecule has 0 N–H and O–H groups in total. The Morgan fingerprint density at radius 2 is 1.74 bits per heavy atom. The van der Waals surface area contributed by atoms with Gasteiger partial charge < -0.3 is 4.90 Å². The summed E-state index contributed by atoms with van der Waals surface area (Å²) in [5, 5.41) is 0.837. The summed E-state index contributed by atoms with van der Waals surface area (Å²) in [5.74, 6) is -0.193. The Hall–Kier alpha value is -2.23. The molecule has 122 valence electrons. The van der Waals surface area contributed by atoms with Crippen LogP contribution in [0.1, 0.15) is 48.0 Å². The van der Waals surface area contributed by atoms with Crippen LogP contribution >= 0.6 is 0 Å². The predicted octanol–water partition coefficient (Wildman–Crippen LogP) is 3.60. The first-order valence-electron chi connectivity index (χ1n) is 7.74. The van der Waals surface area contributed by atoms with Crippen molar-refractivity contribution >= 4 is 22.6 Å². The van der Waals surface area contributed by atoms with E-state index in [0.29, 0.717) is 5.56 Å². The molecule has 4 heteroatoms. The Morgan fingerprint density at radius 3 is 2.30 bits per heavy atom. The molecule has 0 bridgehead atoms. The van der Waals surface area contributed by atoms with Gasteiger partial charge in [0.05, 0.1) is 16.6 Å². The minimum absolute atomic E-state index is 0.0442. The summed E-state index contributed by atoms with van der Waals surface area (Å²) in [5.41, 5.74) is 3.35. The summed E-state index contributed by atoms with van der Waals surface area (Å²) in [7, 11) is 1.68. The van der Waals surface area contributed by atoms with Crippen LogP contribution in [0.4, 0.5) is 0 Å². The quantitative estimate of drug-likeness (QED) is 0.870. The summed E-state index contributed by atoms with van der Waals surface area (Å²) in [6.07, 6.45) is 0. The molecule has 1 heterocycles. The van der Waals surface area contributed by atoms with Crippen LogP contribution in [0.2, 0.25) is 0 Å². The summed E-state index contributed by atoms with van der Waals surface area (Å²) >= 11 is 0. The second kappa shape index (κ2) is 5.76. The van der Waals surface area contributed by atoms with Crippen molar-refractivity contribution < 1.29 is 9.59 Å². The number of aryl methyl sites for hydroxylation is 2. The van der Waals surface area contributed by atoms with E-state index in [1.54, 1.807) is 20.9 Å². The Labute approximate surface area is 137 Å². The lowest BCUT2D eigenvalue weighted by atomic mass is 9.94. The molecular formula is C19H24N2O2. The molecule has 2 rings (SSSR count). The molecule has 0 saturated heterocycles. The van der Waals surface area contributed by atoms with Gasteiger partial charge in [-0.15, -0.1) is 0 Å². The number of rotatable bonds is 3. The second-order valence-electron chi connectivity index (χ2n) is 6.70. The van der Waals surface area contributed by atoms with Gasteiger partial charge in [-0.05, 0) is 59.2 Å². The van der Waals surface area contributed by atoms with Crippen LogP contribution in [0, 0.1) is 20.8 Å². The maximum Gasteiger partial charge on any atom is 0.255 e. The number of hydrogen-bond donors (Lipinski definition) is 0. The minimum Gasteiger partial charge on any atom is -0.330 e. The van der Waals surface area contributed by atoms with Crippen molar-refractivity contribution in [3.63, 3.8) is 0 Å². The highest BCUT2D eigenvalue weighted by Crippen LogP contribution is 2.27. The van der Waals surface area contributed by atoms with E-state index < -0.39 is 5.54 Å². The lowest BCUT2D eigenvalue weighted by molar-refractivity contribution is -0.125. The number of carbonyl (C=O) groups excluding carboxylic acids is 2. The molecule has 0 saturated carbocycles. The number of aromatic nitrogens is 1. The molecular weight excluding hydrogens is 288 g/mol. The van der Waals surface area contributed by atoms with Gasteiger partial charge >= 0.3 is 0 Å². The number of nitrogens with zero attached hydrogens (tertiary/aromatic N) is 2. The fourth-order valence-electron chi connectivity index (χ4n) is 2.53. The van der Waals surface area contributed by atoms with Crippen LogP contribution < -0.4 is 0 Å². The van der Waals surface area contributed by atoms with E-state index >= 15 is 0 Å². The molecule has 0 aliphatic carbocycles. The standard InChI is InChI=1S/C19H24N2O2/c1-11-8-9-16-15(10-11)17(12(2)13(3)20-16)18(23)21(7)19(5,6)14(4)22/h8-10H,1-7H3. The van der Waals surface area contributed by atoms with Crippen LogP contribution in [-0.4, -0.2) is 34.2 Å². The van der Waals surface area contributed by atoms with E-state index in [-0.39, 0.29) is 11.7 Å². The topological polar surface area (TPSA) is 50.3 Å². The Bertz CT molecular complexity index is 807. The number of ketones is 1. The number of amides is 1. The number of hydrogen-bond acceptors (Lipinski definition) is 3. The molecule has 0 unspecified atom stereocenters. The average Bonchev–Trinajstić information content (AvgIpc) is 2.47. The van der Waals surface area contributed by atoms with Crippen LogP contribution in [0.5, 0.6) is 0 Å². The van der Waals surface area contributed by atoms with Crippen LogP contribution in [0.3, 0.4) is 0 Å². The molecule has 0 aliphatic heterocycles. The number of likely N-dealkylation sites (N-methyl/N-ethyl adjacent to an activating group) is 1. The summed E-state index contributed by atoms with van der Waals surface area (Å²) in [6, 6.07) is 5.90. The van der Waals surface area contributed by atoms with E-state index in [1.165, 1.54) is 11.8 Å². The smallest absolute Gasteiger partial charge is 0.255 e. The van der Waals surface area contributed by atoms with E-state index in [0.717, 1.165) is 27.7 Å². The first-order valence-corrected chi connectivity index (χ1v) is 7.74. The van der Waals surface area contributed by atoms with Crippen molar-refractivity contribution in [2.24, 2.45) is 0 Å². The number of carbonyl (C=O) groups is 2. The van der Waals surface area contributed by atoms with Crippen LogP contribution in [0.15, 0.2) is 18.2 Å². The maximum absolute atomic E-state index is 13.1. The van der Waals surface area contributed by atoms with Gasteiger partial charge in [-0.1, -0.05) is 11.6 Å². The number of benzene rings is 1. The number of fused-ring (bicyclic) bond motifs is 1. The molecule has 0 fully saturated rings. The largest absolute Gasteiger partial charge is 0.330 e. The molecule has 4 nitrogen and oxygen atoms in total. The molecule has 0 radical (unpaired) electrons. The minimum atomic E-state index is -0.850. The van der Waals surface area contributed by atoms with E-state index in [2.05, 4.69) is 4.98 Å². The van der Waals surface area contributed by atoms with E-state index in [9.17, 15) is 9.59 Å². The summed E-state index contributed by atoms with van der Waals surface area (Å²) in [6.45, 7) is 10.9. The number of Topliss-reactive ketones (excluding diaryl/α,β-unsaturated/α-hetero) is 1. The van der Waals surface area contributed by atoms with Gasteiger partial charge in [0, 0.05) is 18.1 Å². The second-order valence-corrected chi connectivity index (χ2v) is 6.70. The average molecular weight is 312 g/mol. The van der Waals surface area contributed by atoms with Crippen LogP contribution in [-0.2, 0) is 4.79 Å². The highest BCUT2D eigenvalue weighted by atomic mass is 16.2. The predicted molar refractivity (Wildman–Crippen MR) is 92.8 cm³/mol. The van der Waals surface area contributed by atoms with Crippen molar-refractivity contribution in [2.45, 2.75) is 47.1 Å². The first kappa shape index (κ1) is 17.1. The molecule has 1 amide bonds. The molecule has 0 aliphatic rings. The van der Waals surface area contributed by atoms with Gasteiger partial charge in [-0.2, -0.15) is 0 Å². The Morgan fingerprint density at radius 1 is 1.13 bits per heavy atom. The zero-order valence-electron chi connectivity index (χ0n) is 14.9. The molecule has 23 heavy (non-hydrogen) atoms. The van der Waals surface area contributed by atoms with Gasteiger partial charge in [0.1, 0.15) is 0 Å². The van der Waals surface area contributed by atoms with Crippen LogP contribution in [0.25, 0.3) is 10.9 Å². The molecule has 0 spiro atoms. The highest BCUT2D eigenvalue weighted by molar-refractivity contribution is 6.09. The van der Waals surface area contributed by atoms with Gasteiger partial charge in [0.2, 0.25) is 0 Å². The van der Waals surface area contributed by atoms with Gasteiger partial charge in [-0.25, -0.2) is 0 Å². The van der Waals surface area contributed by atoms with Crippen molar-refractivity contribution in [3.8, 4) is 0 Å². The molecule has 0 atom stereocenters. The SMILES string of the molecule is CC(=O)C(C)(C)N(C)C(=O)c1c(C)c(C)nc2ccc(C)cc12. The fraction of sp³-hybridized carbons (Fsp3) is 0.421. The van der Waals surface area contributed by atoms with Gasteiger partial charge in [0.25, 0.3) is 5.91 Å². The zero-order chi connectivity index (χ0) is 17.5. The molecule has 2 aromatic rings. The van der Waals surface area contributed by atoms with Crippen molar-refractivity contribution in [1.29, 1.82) is 0 Å². The first-order chi connectivity index (χ1) is 10.6. The lowest BCUT2D eigenvalue weighted by Crippen LogP contribution is -2.50. The third kappa shape index (κ3) is 2.85. The lowest BCUT2D eigenvalue weighted by Gasteiger charge is -2.34. The normalized spacial score (nSPS) is 11.6. The van der Waals surface area contributed by atoms with Gasteiger partial charge in [-0.3, -0.25) is 14.6 Å². The maximum atomic E-state index is 13.1. The third-order valence-electron chi connectivity index (χ3n) is 4.85. The van der Waals surface area contributed by atoms with Crippen molar-refractivity contribution in [2.75, 3.05) is 7.05 Å². The van der Waals surface area contributed by atoms with Crippen molar-refractivity contribution in [1.82, 2.24) is 9.88 Å². The van der Waals surface area contributed by atoms with E-state index in [1.807, 2.05) is 39.0 Å². The summed E-state index contributed by atoms with van der Waals surface area (Å²) < 4.78 is 0.